The van der Waals surface area contributed by atoms with Crippen molar-refractivity contribution in [3.63, 3.8) is 0 Å². The molecule has 0 radical (unpaired) electrons. The average Bonchev–Trinajstić information content (AvgIpc) is 2.69. The number of hydrogen-bond donors (Lipinski definition) is 0. The molecule has 1 unspecified atom stereocenters. The Hall–Kier alpha value is -2.54. The van der Waals surface area contributed by atoms with E-state index in [2.05, 4.69) is 89.9 Å². The molecule has 1 atom stereocenters. The summed E-state index contributed by atoms with van der Waals surface area (Å²) in [5.41, 5.74) is 5.57. The summed E-state index contributed by atoms with van der Waals surface area (Å²) in [6, 6.07) is 22.2. The first-order valence-corrected chi connectivity index (χ1v) is 8.85. The number of allylic oxidation sites excluding steroid dienone is 3. The van der Waals surface area contributed by atoms with Gasteiger partial charge in [-0.3, -0.25) is 0 Å². The van der Waals surface area contributed by atoms with E-state index in [1.807, 2.05) is 0 Å². The molecule has 4 rings (SSSR count). The van der Waals surface area contributed by atoms with Crippen LogP contribution in [-0.2, 0) is 0 Å². The maximum Gasteiger partial charge on any atom is 0.0445 e. The summed E-state index contributed by atoms with van der Waals surface area (Å²) in [6.07, 6.45) is 12.7. The minimum Gasteiger partial charge on any atom is -0.364 e. The van der Waals surface area contributed by atoms with E-state index in [0.29, 0.717) is 6.04 Å². The van der Waals surface area contributed by atoms with Gasteiger partial charge < -0.3 is 4.90 Å². The van der Waals surface area contributed by atoms with E-state index in [4.69, 9.17) is 0 Å². The quantitative estimate of drug-likeness (QED) is 0.719. The van der Waals surface area contributed by atoms with Gasteiger partial charge in [-0.2, -0.15) is 0 Å². The van der Waals surface area contributed by atoms with Crippen LogP contribution in [0.5, 0.6) is 0 Å². The van der Waals surface area contributed by atoms with E-state index in [0.717, 1.165) is 19.4 Å². The molecular weight excluding hydrogens is 290 g/mol. The smallest absolute Gasteiger partial charge is 0.0445 e. The highest BCUT2D eigenvalue weighted by atomic mass is 15.2. The van der Waals surface area contributed by atoms with Gasteiger partial charge in [-0.1, -0.05) is 78.9 Å². The first kappa shape index (κ1) is 15.0. The highest BCUT2D eigenvalue weighted by Gasteiger charge is 2.24. The van der Waals surface area contributed by atoms with Crippen LogP contribution in [0.15, 0.2) is 85.0 Å². The maximum atomic E-state index is 2.58. The molecule has 1 heteroatoms. The SMILES string of the molecule is C1=CCN(C2CC=C(c3ccccc3)CC2)C(c2ccccc2)=C1. The fourth-order valence-electron chi connectivity index (χ4n) is 3.76. The molecule has 1 aliphatic heterocycles. The standard InChI is InChI=1S/C23H23N/c1-3-9-19(10-4-1)20-14-16-22(17-15-20)24-18-8-7-13-23(24)21-11-5-2-6-12-21/h1-14,22H,15-18H2. The van der Waals surface area contributed by atoms with Crippen molar-refractivity contribution >= 4 is 11.3 Å². The van der Waals surface area contributed by atoms with Gasteiger partial charge in [-0.25, -0.2) is 0 Å². The lowest BCUT2D eigenvalue weighted by molar-refractivity contribution is 0.299. The second-order valence-electron chi connectivity index (χ2n) is 6.52. The van der Waals surface area contributed by atoms with E-state index in [9.17, 15) is 0 Å². The summed E-state index contributed by atoms with van der Waals surface area (Å²) >= 11 is 0. The molecule has 0 saturated heterocycles. The van der Waals surface area contributed by atoms with Gasteiger partial charge in [0, 0.05) is 18.3 Å². The zero-order chi connectivity index (χ0) is 16.2. The van der Waals surface area contributed by atoms with E-state index >= 15 is 0 Å². The van der Waals surface area contributed by atoms with Crippen molar-refractivity contribution < 1.29 is 0 Å². The fraction of sp³-hybridized carbons (Fsp3) is 0.217. The van der Waals surface area contributed by atoms with Crippen LogP contribution in [0.2, 0.25) is 0 Å². The Kier molecular flexibility index (Phi) is 4.33. The van der Waals surface area contributed by atoms with Crippen LogP contribution in [0.1, 0.15) is 30.4 Å². The van der Waals surface area contributed by atoms with Crippen molar-refractivity contribution in [2.24, 2.45) is 0 Å². The van der Waals surface area contributed by atoms with Gasteiger partial charge in [0.05, 0.1) is 0 Å². The van der Waals surface area contributed by atoms with Crippen molar-refractivity contribution in [1.82, 2.24) is 4.90 Å². The van der Waals surface area contributed by atoms with Crippen LogP contribution in [0.25, 0.3) is 11.3 Å². The van der Waals surface area contributed by atoms with Crippen molar-refractivity contribution in [3.8, 4) is 0 Å². The summed E-state index contributed by atoms with van der Waals surface area (Å²) in [5.74, 6) is 0. The molecule has 24 heavy (non-hydrogen) atoms. The number of nitrogens with zero attached hydrogens (tertiary/aromatic N) is 1. The molecule has 120 valence electrons. The normalized spacial score (nSPS) is 20.5. The van der Waals surface area contributed by atoms with E-state index in [1.165, 1.54) is 28.8 Å². The highest BCUT2D eigenvalue weighted by Crippen LogP contribution is 2.33. The summed E-state index contributed by atoms with van der Waals surface area (Å²) in [7, 11) is 0. The summed E-state index contributed by atoms with van der Waals surface area (Å²) in [4.78, 5) is 2.58. The third-order valence-corrected chi connectivity index (χ3v) is 5.04. The van der Waals surface area contributed by atoms with Gasteiger partial charge in [0.15, 0.2) is 0 Å². The van der Waals surface area contributed by atoms with Gasteiger partial charge >= 0.3 is 0 Å². The Bertz CT molecular complexity index is 768. The zero-order valence-corrected chi connectivity index (χ0v) is 13.9. The van der Waals surface area contributed by atoms with E-state index < -0.39 is 0 Å². The molecule has 0 aromatic heterocycles. The van der Waals surface area contributed by atoms with Crippen LogP contribution in [-0.4, -0.2) is 17.5 Å². The molecule has 0 saturated carbocycles. The van der Waals surface area contributed by atoms with Gasteiger partial charge in [0.25, 0.3) is 0 Å². The summed E-state index contributed by atoms with van der Waals surface area (Å²) in [6.45, 7) is 1.01. The molecule has 0 bridgehead atoms. The van der Waals surface area contributed by atoms with Gasteiger partial charge in [-0.15, -0.1) is 0 Å². The average molecular weight is 313 g/mol. The molecule has 2 aromatic carbocycles. The lowest BCUT2D eigenvalue weighted by atomic mass is 9.89. The van der Waals surface area contributed by atoms with Gasteiger partial charge in [0.2, 0.25) is 0 Å². The molecular formula is C23H23N. The molecule has 0 spiro atoms. The lowest BCUT2D eigenvalue weighted by Gasteiger charge is -2.38. The van der Waals surface area contributed by atoms with Crippen molar-refractivity contribution in [2.75, 3.05) is 6.54 Å². The summed E-state index contributed by atoms with van der Waals surface area (Å²) < 4.78 is 0. The Morgan fingerprint density at radius 2 is 1.54 bits per heavy atom. The topological polar surface area (TPSA) is 3.24 Å². The van der Waals surface area contributed by atoms with Gasteiger partial charge in [-0.05, 0) is 42.0 Å². The second kappa shape index (κ2) is 6.92. The number of rotatable bonds is 3. The van der Waals surface area contributed by atoms with Crippen molar-refractivity contribution in [3.05, 3.63) is 96.1 Å². The molecule has 1 heterocycles. The molecule has 1 aliphatic carbocycles. The Morgan fingerprint density at radius 3 is 2.21 bits per heavy atom. The minimum absolute atomic E-state index is 0.592. The molecule has 2 aromatic rings. The van der Waals surface area contributed by atoms with Crippen LogP contribution in [0.3, 0.4) is 0 Å². The van der Waals surface area contributed by atoms with Crippen LogP contribution in [0.4, 0.5) is 0 Å². The molecule has 2 aliphatic rings. The second-order valence-corrected chi connectivity index (χ2v) is 6.52. The summed E-state index contributed by atoms with van der Waals surface area (Å²) in [5, 5.41) is 0. The predicted octanol–water partition coefficient (Wildman–Crippen LogP) is 5.54. The molecule has 0 amide bonds. The van der Waals surface area contributed by atoms with Crippen LogP contribution >= 0.6 is 0 Å². The largest absolute Gasteiger partial charge is 0.364 e. The third-order valence-electron chi connectivity index (χ3n) is 5.04. The Morgan fingerprint density at radius 1 is 0.833 bits per heavy atom. The van der Waals surface area contributed by atoms with E-state index in [-0.39, 0.29) is 0 Å². The first-order chi connectivity index (χ1) is 11.9. The Balaban J connectivity index is 1.54. The lowest BCUT2D eigenvalue weighted by Crippen LogP contribution is -2.36. The predicted molar refractivity (Wildman–Crippen MR) is 102 cm³/mol. The zero-order valence-electron chi connectivity index (χ0n) is 13.9. The van der Waals surface area contributed by atoms with Crippen molar-refractivity contribution in [1.29, 1.82) is 0 Å². The van der Waals surface area contributed by atoms with Gasteiger partial charge in [0.1, 0.15) is 0 Å². The fourth-order valence-corrected chi connectivity index (χ4v) is 3.76. The first-order valence-electron chi connectivity index (χ1n) is 8.85. The number of hydrogen-bond acceptors (Lipinski definition) is 1. The third kappa shape index (κ3) is 3.07. The Labute approximate surface area is 144 Å². The monoisotopic (exact) mass is 313 g/mol. The van der Waals surface area contributed by atoms with Crippen molar-refractivity contribution in [2.45, 2.75) is 25.3 Å². The molecule has 0 fully saturated rings. The van der Waals surface area contributed by atoms with Crippen LogP contribution in [0, 0.1) is 0 Å². The van der Waals surface area contributed by atoms with Crippen LogP contribution < -0.4 is 0 Å². The minimum atomic E-state index is 0.592. The molecule has 0 N–H and O–H groups in total. The maximum absolute atomic E-state index is 2.58. The number of benzene rings is 2. The van der Waals surface area contributed by atoms with E-state index in [1.54, 1.807) is 0 Å². The highest BCUT2D eigenvalue weighted by molar-refractivity contribution is 5.69. The molecule has 1 nitrogen and oxygen atoms in total.